The summed E-state index contributed by atoms with van der Waals surface area (Å²) >= 11 is 0. The van der Waals surface area contributed by atoms with Crippen LogP contribution in [-0.4, -0.2) is 12.7 Å². The van der Waals surface area contributed by atoms with Crippen LogP contribution in [0.5, 0.6) is 0 Å². The number of hydrogen-bond acceptors (Lipinski definition) is 1. The smallest absolute Gasteiger partial charge is 1.00 e. The van der Waals surface area contributed by atoms with Gasteiger partial charge in [-0.1, -0.05) is 11.6 Å². The molecule has 3 heteroatoms. The van der Waals surface area contributed by atoms with E-state index >= 15 is 0 Å². The molecular formula is C11H19ClHgO. The van der Waals surface area contributed by atoms with Gasteiger partial charge < -0.3 is 17.1 Å². The van der Waals surface area contributed by atoms with Gasteiger partial charge in [0.05, 0.1) is 6.10 Å². The van der Waals surface area contributed by atoms with E-state index in [0.717, 1.165) is 19.4 Å². The first kappa shape index (κ1) is 17.3. The fourth-order valence-electron chi connectivity index (χ4n) is 1.43. The molecule has 0 spiro atoms. The molecule has 0 aliphatic carbocycles. The fraction of sp³-hybridized carbons (Fsp3) is 0.727. The Bertz CT molecular complexity index is 149. The van der Waals surface area contributed by atoms with Gasteiger partial charge in [0.25, 0.3) is 0 Å². The molecule has 1 atom stereocenters. The number of ether oxygens (including phenoxy) is 1. The van der Waals surface area contributed by atoms with Crippen LogP contribution < -0.4 is 12.4 Å². The van der Waals surface area contributed by atoms with E-state index in [1.54, 1.807) is 0 Å². The maximum absolute atomic E-state index is 5.57. The zero-order valence-corrected chi connectivity index (χ0v) is 15.5. The molecule has 1 aliphatic heterocycles. The number of allylic oxidation sites excluding steroid dienone is 2. The molecular weight excluding hydrogens is 384 g/mol. The van der Waals surface area contributed by atoms with Crippen LogP contribution in [0.15, 0.2) is 11.6 Å². The zero-order valence-electron chi connectivity index (χ0n) is 9.26. The normalized spacial score (nSPS) is 20.3. The van der Waals surface area contributed by atoms with Gasteiger partial charge in [-0.3, -0.25) is 0 Å². The maximum atomic E-state index is 5.57. The molecule has 0 amide bonds. The van der Waals surface area contributed by atoms with E-state index in [1.165, 1.54) is 18.4 Å². The van der Waals surface area contributed by atoms with Gasteiger partial charge in [-0.05, 0) is 46.0 Å². The molecule has 2 radical (unpaired) electrons. The van der Waals surface area contributed by atoms with Gasteiger partial charge in [0.2, 0.25) is 0 Å². The van der Waals surface area contributed by atoms with Crippen molar-refractivity contribution in [3.05, 3.63) is 18.1 Å². The Kier molecular flexibility index (Phi) is 12.9. The van der Waals surface area contributed by atoms with E-state index < -0.39 is 0 Å². The Labute approximate surface area is 115 Å². The van der Waals surface area contributed by atoms with Crippen LogP contribution in [0.2, 0.25) is 0 Å². The summed E-state index contributed by atoms with van der Waals surface area (Å²) in [7, 11) is 0. The average Bonchev–Trinajstić information content (AvgIpc) is 2.05. The largest absolute Gasteiger partial charge is 1.00 e. The predicted molar refractivity (Wildman–Crippen MR) is 51.9 cm³/mol. The fourth-order valence-corrected chi connectivity index (χ4v) is 1.43. The van der Waals surface area contributed by atoms with Crippen LogP contribution >= 0.6 is 0 Å². The van der Waals surface area contributed by atoms with Gasteiger partial charge in [0, 0.05) is 6.61 Å². The van der Waals surface area contributed by atoms with Crippen LogP contribution in [0.3, 0.4) is 0 Å². The first-order chi connectivity index (χ1) is 5.79. The third-order valence-electron chi connectivity index (χ3n) is 2.11. The minimum atomic E-state index is 0. The van der Waals surface area contributed by atoms with Crippen molar-refractivity contribution in [3.8, 4) is 0 Å². The summed E-state index contributed by atoms with van der Waals surface area (Å²) in [5.41, 5.74) is 1.41. The van der Waals surface area contributed by atoms with Crippen molar-refractivity contribution in [2.75, 3.05) is 6.61 Å². The number of rotatable bonds is 3. The summed E-state index contributed by atoms with van der Waals surface area (Å²) in [5.74, 6) is 0. The molecule has 0 bridgehead atoms. The maximum Gasteiger partial charge on any atom is 1.00 e. The summed E-state index contributed by atoms with van der Waals surface area (Å²) in [6.07, 6.45) is 9.77. The molecule has 0 N–H and O–H groups in total. The third-order valence-corrected chi connectivity index (χ3v) is 2.11. The Hall–Kier alpha value is 0.925. The second-order valence-corrected chi connectivity index (χ2v) is 3.65. The van der Waals surface area contributed by atoms with E-state index in [2.05, 4.69) is 26.3 Å². The molecule has 14 heavy (non-hydrogen) atoms. The van der Waals surface area contributed by atoms with Crippen molar-refractivity contribution in [3.63, 3.8) is 0 Å². The molecule has 0 unspecified atom stereocenters. The Morgan fingerprint density at radius 2 is 2.21 bits per heavy atom. The summed E-state index contributed by atoms with van der Waals surface area (Å²) in [4.78, 5) is 0. The average molecular weight is 403 g/mol. The monoisotopic (exact) mass is 404 g/mol. The first-order valence-electron chi connectivity index (χ1n) is 4.87. The molecule has 1 rings (SSSR count). The van der Waals surface area contributed by atoms with Crippen molar-refractivity contribution in [2.24, 2.45) is 0 Å². The minimum Gasteiger partial charge on any atom is -1.00 e. The third kappa shape index (κ3) is 8.25. The molecule has 0 saturated carbocycles. The van der Waals surface area contributed by atoms with Gasteiger partial charge >= 0.3 is 27.7 Å². The van der Waals surface area contributed by atoms with Crippen molar-refractivity contribution >= 4 is 0 Å². The molecule has 1 fully saturated rings. The molecule has 0 aromatic carbocycles. The molecule has 1 saturated heterocycles. The van der Waals surface area contributed by atoms with E-state index in [0.29, 0.717) is 6.10 Å². The Balaban J connectivity index is 0. The van der Waals surface area contributed by atoms with Gasteiger partial charge in [-0.25, -0.2) is 0 Å². The Morgan fingerprint density at radius 1 is 1.50 bits per heavy atom. The quantitative estimate of drug-likeness (QED) is 0.481. The van der Waals surface area contributed by atoms with Gasteiger partial charge in [0.1, 0.15) is 0 Å². The van der Waals surface area contributed by atoms with Crippen molar-refractivity contribution in [1.82, 2.24) is 0 Å². The summed E-state index contributed by atoms with van der Waals surface area (Å²) < 4.78 is 5.57. The SMILES string of the molecule is CC(C)=CCC[C@@H]1[CH]CCCO1.[Cl-].[Hg+]. The van der Waals surface area contributed by atoms with E-state index in [1.807, 2.05) is 0 Å². The summed E-state index contributed by atoms with van der Waals surface area (Å²) in [5, 5.41) is 0. The predicted octanol–water partition coefficient (Wildman–Crippen LogP) is 0.118. The van der Waals surface area contributed by atoms with Crippen LogP contribution in [0.25, 0.3) is 0 Å². The van der Waals surface area contributed by atoms with Crippen LogP contribution in [0.4, 0.5) is 0 Å². The second-order valence-electron chi connectivity index (χ2n) is 3.65. The van der Waals surface area contributed by atoms with Crippen LogP contribution in [-0.2, 0) is 32.4 Å². The number of halogens is 1. The molecule has 1 aliphatic rings. The summed E-state index contributed by atoms with van der Waals surface area (Å²) in [6, 6.07) is 0. The standard InChI is InChI=1S/C11H19O.ClH.Hg/c1-10(2)6-5-8-11-7-3-4-9-12-11;;/h6-7,11H,3-5,8-9H2,1-2H3;1H;/q;;+1/p-1/t11-;;/m0../s1. The number of hydrogen-bond donors (Lipinski definition) is 0. The van der Waals surface area contributed by atoms with Crippen LogP contribution in [0.1, 0.15) is 39.5 Å². The molecule has 78 valence electrons. The molecule has 0 aromatic heterocycles. The van der Waals surface area contributed by atoms with Gasteiger partial charge in [-0.15, -0.1) is 0 Å². The molecule has 1 nitrogen and oxygen atoms in total. The van der Waals surface area contributed by atoms with Gasteiger partial charge in [-0.2, -0.15) is 0 Å². The van der Waals surface area contributed by atoms with Crippen molar-refractivity contribution in [1.29, 1.82) is 0 Å². The van der Waals surface area contributed by atoms with Gasteiger partial charge in [0.15, 0.2) is 0 Å². The van der Waals surface area contributed by atoms with Crippen LogP contribution in [0, 0.1) is 6.42 Å². The zero-order chi connectivity index (χ0) is 8.81. The summed E-state index contributed by atoms with van der Waals surface area (Å²) in [6.45, 7) is 5.24. The van der Waals surface area contributed by atoms with E-state index in [4.69, 9.17) is 4.74 Å². The molecule has 1 heterocycles. The van der Waals surface area contributed by atoms with Crippen molar-refractivity contribution in [2.45, 2.75) is 45.6 Å². The minimum absolute atomic E-state index is 0. The Morgan fingerprint density at radius 3 is 2.71 bits per heavy atom. The first-order valence-corrected chi connectivity index (χ1v) is 4.87. The second kappa shape index (κ2) is 10.4. The molecule has 0 aromatic rings. The van der Waals surface area contributed by atoms with Crippen molar-refractivity contribution < 1.29 is 44.8 Å². The van der Waals surface area contributed by atoms with E-state index in [-0.39, 0.29) is 40.1 Å². The topological polar surface area (TPSA) is 9.23 Å². The van der Waals surface area contributed by atoms with E-state index in [9.17, 15) is 0 Å².